The van der Waals surface area contributed by atoms with Crippen LogP contribution in [0.25, 0.3) is 0 Å². The smallest absolute Gasteiger partial charge is 0.296 e. The molecule has 0 amide bonds. The zero-order valence-electron chi connectivity index (χ0n) is 8.79. The molecule has 86 valence electrons. The van der Waals surface area contributed by atoms with Gasteiger partial charge in [0.25, 0.3) is 5.69 Å². The van der Waals surface area contributed by atoms with Crippen molar-refractivity contribution < 1.29 is 4.92 Å². The number of hydrogen-bond donors (Lipinski definition) is 2. The van der Waals surface area contributed by atoms with Crippen LogP contribution in [0.2, 0.25) is 0 Å². The number of halogens is 1. The predicted molar refractivity (Wildman–Crippen MR) is 65.7 cm³/mol. The molecule has 0 aliphatic heterocycles. The number of rotatable bonds is 2. The van der Waals surface area contributed by atoms with E-state index in [2.05, 4.69) is 21.2 Å². The minimum atomic E-state index is -0.340. The molecule has 0 saturated heterocycles. The summed E-state index contributed by atoms with van der Waals surface area (Å²) < 4.78 is 0.717. The molecule has 0 spiro atoms. The molecule has 0 radical (unpaired) electrons. The molecule has 1 aliphatic rings. The van der Waals surface area contributed by atoms with Gasteiger partial charge < -0.3 is 11.1 Å². The maximum absolute atomic E-state index is 11.1. The molecule has 0 fully saturated rings. The van der Waals surface area contributed by atoms with Gasteiger partial charge in [0.05, 0.1) is 4.92 Å². The van der Waals surface area contributed by atoms with Gasteiger partial charge in [-0.25, -0.2) is 0 Å². The lowest BCUT2D eigenvalue weighted by atomic mass is 10.1. The van der Waals surface area contributed by atoms with Crippen LogP contribution in [-0.4, -0.2) is 18.0 Å². The van der Waals surface area contributed by atoms with Crippen LogP contribution in [0.1, 0.15) is 11.1 Å². The van der Waals surface area contributed by atoms with Crippen molar-refractivity contribution in [2.45, 2.75) is 18.9 Å². The number of anilines is 1. The fourth-order valence-corrected chi connectivity index (χ4v) is 2.86. The normalized spacial score (nSPS) is 18.3. The van der Waals surface area contributed by atoms with E-state index in [1.165, 1.54) is 0 Å². The third-order valence-corrected chi connectivity index (χ3v) is 3.46. The molecule has 5 nitrogen and oxygen atoms in total. The summed E-state index contributed by atoms with van der Waals surface area (Å²) >= 11 is 3.34. The Balaban J connectivity index is 2.68. The van der Waals surface area contributed by atoms with Gasteiger partial charge in [-0.3, -0.25) is 10.1 Å². The highest BCUT2D eigenvalue weighted by Gasteiger charge is 2.31. The van der Waals surface area contributed by atoms with Crippen LogP contribution in [0.4, 0.5) is 11.4 Å². The first-order valence-corrected chi connectivity index (χ1v) is 5.76. The lowest BCUT2D eigenvalue weighted by molar-refractivity contribution is -0.384. The number of hydrogen-bond acceptors (Lipinski definition) is 4. The molecule has 1 unspecified atom stereocenters. The van der Waals surface area contributed by atoms with Crippen LogP contribution in [0.15, 0.2) is 10.5 Å². The fraction of sp³-hybridized carbons (Fsp3) is 0.400. The average molecular weight is 286 g/mol. The summed E-state index contributed by atoms with van der Waals surface area (Å²) in [7, 11) is 1.67. The Hall–Kier alpha value is -1.14. The van der Waals surface area contributed by atoms with Gasteiger partial charge >= 0.3 is 0 Å². The van der Waals surface area contributed by atoms with Gasteiger partial charge in [-0.2, -0.15) is 0 Å². The summed E-state index contributed by atoms with van der Waals surface area (Å²) in [6, 6.07) is 1.91. The third-order valence-electron chi connectivity index (χ3n) is 2.83. The number of benzene rings is 1. The van der Waals surface area contributed by atoms with Crippen molar-refractivity contribution >= 4 is 27.3 Å². The molecule has 0 bridgehead atoms. The minimum Gasteiger partial charge on any atom is -0.382 e. The molecule has 0 heterocycles. The van der Waals surface area contributed by atoms with Crippen LogP contribution in [0, 0.1) is 10.1 Å². The van der Waals surface area contributed by atoms with Crippen molar-refractivity contribution in [1.82, 2.24) is 0 Å². The van der Waals surface area contributed by atoms with Gasteiger partial charge in [-0.15, -0.1) is 0 Å². The number of nitro benzene ring substituents is 1. The van der Waals surface area contributed by atoms with Crippen molar-refractivity contribution in [3.63, 3.8) is 0 Å². The highest BCUT2D eigenvalue weighted by molar-refractivity contribution is 9.10. The second-order valence-electron chi connectivity index (χ2n) is 3.90. The Morgan fingerprint density at radius 2 is 2.31 bits per heavy atom. The molecule has 1 atom stereocenters. The highest BCUT2D eigenvalue weighted by atomic mass is 79.9. The quantitative estimate of drug-likeness (QED) is 0.642. The summed E-state index contributed by atoms with van der Waals surface area (Å²) in [5, 5.41) is 14.0. The van der Waals surface area contributed by atoms with E-state index in [4.69, 9.17) is 5.73 Å². The number of nitrogens with zero attached hydrogens (tertiary/aromatic N) is 1. The van der Waals surface area contributed by atoms with Gasteiger partial charge in [0.1, 0.15) is 5.69 Å². The van der Waals surface area contributed by atoms with E-state index in [9.17, 15) is 10.1 Å². The second-order valence-corrected chi connectivity index (χ2v) is 4.75. The Morgan fingerprint density at radius 3 is 2.88 bits per heavy atom. The van der Waals surface area contributed by atoms with Crippen LogP contribution >= 0.6 is 15.9 Å². The SMILES string of the molecule is CNc1c(Br)cc2c(c1[N+](=O)[O-])CC(N)C2. The zero-order chi connectivity index (χ0) is 11.9. The van der Waals surface area contributed by atoms with Crippen molar-refractivity contribution in [3.8, 4) is 0 Å². The van der Waals surface area contributed by atoms with E-state index in [1.807, 2.05) is 6.07 Å². The van der Waals surface area contributed by atoms with Gasteiger partial charge in [-0.1, -0.05) is 0 Å². The highest BCUT2D eigenvalue weighted by Crippen LogP contribution is 2.41. The van der Waals surface area contributed by atoms with Crippen LogP contribution in [-0.2, 0) is 12.8 Å². The molecule has 1 aromatic carbocycles. The molecule has 3 N–H and O–H groups in total. The Bertz CT molecular complexity index is 462. The topological polar surface area (TPSA) is 81.2 Å². The van der Waals surface area contributed by atoms with E-state index < -0.39 is 0 Å². The first-order chi connectivity index (χ1) is 7.54. The molecular formula is C10H12BrN3O2. The molecule has 2 rings (SSSR count). The van der Waals surface area contributed by atoms with E-state index in [1.54, 1.807) is 7.05 Å². The first-order valence-electron chi connectivity index (χ1n) is 4.96. The molecule has 1 aromatic rings. The Kier molecular flexibility index (Phi) is 2.86. The number of nitrogens with two attached hydrogens (primary N) is 1. The first kappa shape index (κ1) is 11.3. The van der Waals surface area contributed by atoms with Crippen molar-refractivity contribution in [2.24, 2.45) is 5.73 Å². The number of fused-ring (bicyclic) bond motifs is 1. The largest absolute Gasteiger partial charge is 0.382 e. The summed E-state index contributed by atoms with van der Waals surface area (Å²) in [5.74, 6) is 0. The predicted octanol–water partition coefficient (Wildman–Crippen LogP) is 1.82. The van der Waals surface area contributed by atoms with Gasteiger partial charge in [-0.05, 0) is 40.4 Å². The molecular weight excluding hydrogens is 274 g/mol. The molecule has 6 heteroatoms. The van der Waals surface area contributed by atoms with Crippen molar-refractivity contribution in [1.29, 1.82) is 0 Å². The maximum atomic E-state index is 11.1. The number of nitro groups is 1. The second kappa shape index (κ2) is 4.03. The lowest BCUT2D eigenvalue weighted by Crippen LogP contribution is -2.19. The molecule has 0 saturated carbocycles. The maximum Gasteiger partial charge on any atom is 0.296 e. The van der Waals surface area contributed by atoms with Crippen molar-refractivity contribution in [2.75, 3.05) is 12.4 Å². The third kappa shape index (κ3) is 1.68. The van der Waals surface area contributed by atoms with Gasteiger partial charge in [0, 0.05) is 23.1 Å². The van der Waals surface area contributed by atoms with E-state index in [-0.39, 0.29) is 16.7 Å². The Labute approximate surface area is 101 Å². The average Bonchev–Trinajstić information content (AvgIpc) is 2.55. The summed E-state index contributed by atoms with van der Waals surface area (Å²) in [6.45, 7) is 0. The van der Waals surface area contributed by atoms with E-state index in [0.29, 0.717) is 18.5 Å². The fourth-order valence-electron chi connectivity index (χ4n) is 2.19. The van der Waals surface area contributed by atoms with Crippen LogP contribution < -0.4 is 11.1 Å². The summed E-state index contributed by atoms with van der Waals surface area (Å²) in [5.41, 5.74) is 8.26. The lowest BCUT2D eigenvalue weighted by Gasteiger charge is -2.09. The van der Waals surface area contributed by atoms with Crippen molar-refractivity contribution in [3.05, 3.63) is 31.8 Å². The molecule has 1 aliphatic carbocycles. The number of nitrogens with one attached hydrogen (secondary N) is 1. The van der Waals surface area contributed by atoms with E-state index in [0.717, 1.165) is 15.6 Å². The van der Waals surface area contributed by atoms with Gasteiger partial charge in [0.15, 0.2) is 0 Å². The zero-order valence-corrected chi connectivity index (χ0v) is 10.4. The van der Waals surface area contributed by atoms with E-state index >= 15 is 0 Å². The Morgan fingerprint density at radius 1 is 1.62 bits per heavy atom. The van der Waals surface area contributed by atoms with Gasteiger partial charge in [0.2, 0.25) is 0 Å². The molecule has 16 heavy (non-hydrogen) atoms. The van der Waals surface area contributed by atoms with Crippen LogP contribution in [0.5, 0.6) is 0 Å². The summed E-state index contributed by atoms with van der Waals surface area (Å²) in [4.78, 5) is 10.8. The standard InChI is InChI=1S/C10H12BrN3O2/c1-13-9-8(11)3-5-2-6(12)4-7(5)10(9)14(15)16/h3,6,13H,2,4,12H2,1H3. The monoisotopic (exact) mass is 285 g/mol. The molecule has 0 aromatic heterocycles. The summed E-state index contributed by atoms with van der Waals surface area (Å²) in [6.07, 6.45) is 1.28. The van der Waals surface area contributed by atoms with Crippen LogP contribution in [0.3, 0.4) is 0 Å². The minimum absolute atomic E-state index is 0.00675.